The van der Waals surface area contributed by atoms with Gasteiger partial charge in [0.05, 0.1) is 5.56 Å². The van der Waals surface area contributed by atoms with Gasteiger partial charge in [0, 0.05) is 13.1 Å². The van der Waals surface area contributed by atoms with Crippen LogP contribution in [0.5, 0.6) is 0 Å². The predicted octanol–water partition coefficient (Wildman–Crippen LogP) is 2.33. The Morgan fingerprint density at radius 2 is 2.09 bits per heavy atom. The van der Waals surface area contributed by atoms with E-state index in [2.05, 4.69) is 0 Å². The molecule has 0 radical (unpaired) electrons. The van der Waals surface area contributed by atoms with Gasteiger partial charge < -0.3 is 10.2 Å². The Bertz CT molecular complexity index is 557. The van der Waals surface area contributed by atoms with Crippen molar-refractivity contribution in [2.75, 3.05) is 19.6 Å². The molecule has 1 aliphatic rings. The van der Waals surface area contributed by atoms with Crippen molar-refractivity contribution < 1.29 is 28.2 Å². The van der Waals surface area contributed by atoms with E-state index in [1.807, 2.05) is 0 Å². The second-order valence-electron chi connectivity index (χ2n) is 5.92. The highest BCUT2D eigenvalue weighted by atomic mass is 19.4. The molecule has 22 heavy (non-hydrogen) atoms. The molecule has 0 aromatic heterocycles. The maximum Gasteiger partial charge on any atom is 0.416 e. The third kappa shape index (κ3) is 3.78. The van der Waals surface area contributed by atoms with Gasteiger partial charge in [0.2, 0.25) is 0 Å². The highest BCUT2D eigenvalue weighted by Crippen LogP contribution is 2.34. The molecule has 2 N–H and O–H groups in total. The summed E-state index contributed by atoms with van der Waals surface area (Å²) < 4.78 is 38.2. The maximum absolute atomic E-state index is 12.7. The number of likely N-dealkylation sites (tertiary alicyclic amines) is 1. The zero-order chi connectivity index (χ0) is 16.5. The van der Waals surface area contributed by atoms with Crippen molar-refractivity contribution in [2.45, 2.75) is 31.0 Å². The number of rotatable bonds is 4. The molecule has 1 aromatic rings. The first-order chi connectivity index (χ1) is 10.1. The SMILES string of the molecule is CC(O)(CN1CCC(c2cccc(C(F)(F)F)c2)C1)C(=O)O. The number of halogens is 3. The van der Waals surface area contributed by atoms with Crippen molar-refractivity contribution in [3.8, 4) is 0 Å². The minimum Gasteiger partial charge on any atom is -0.479 e. The monoisotopic (exact) mass is 317 g/mol. The van der Waals surface area contributed by atoms with Crippen LogP contribution in [0.1, 0.15) is 30.4 Å². The van der Waals surface area contributed by atoms with Crippen molar-refractivity contribution in [1.29, 1.82) is 0 Å². The molecule has 0 bridgehead atoms. The van der Waals surface area contributed by atoms with Crippen molar-refractivity contribution in [3.63, 3.8) is 0 Å². The van der Waals surface area contributed by atoms with Gasteiger partial charge >= 0.3 is 12.1 Å². The van der Waals surface area contributed by atoms with E-state index >= 15 is 0 Å². The standard InChI is InChI=1S/C15H18F3NO3/c1-14(22,13(20)21)9-19-6-5-11(8-19)10-3-2-4-12(7-10)15(16,17)18/h2-4,7,11,22H,5-6,8-9H2,1H3,(H,20,21). The molecule has 1 heterocycles. The summed E-state index contributed by atoms with van der Waals surface area (Å²) in [5.74, 6) is -1.40. The number of benzene rings is 1. The number of hydrogen-bond acceptors (Lipinski definition) is 3. The van der Waals surface area contributed by atoms with E-state index in [0.29, 0.717) is 25.1 Å². The Hall–Kier alpha value is -1.60. The van der Waals surface area contributed by atoms with Crippen molar-refractivity contribution >= 4 is 5.97 Å². The summed E-state index contributed by atoms with van der Waals surface area (Å²) in [5.41, 5.74) is -1.95. The van der Waals surface area contributed by atoms with Crippen LogP contribution in [-0.4, -0.2) is 46.3 Å². The molecular weight excluding hydrogens is 299 g/mol. The van der Waals surface area contributed by atoms with Crippen LogP contribution < -0.4 is 0 Å². The van der Waals surface area contributed by atoms with Crippen molar-refractivity contribution in [1.82, 2.24) is 4.90 Å². The van der Waals surface area contributed by atoms with Crippen LogP contribution in [0.3, 0.4) is 0 Å². The van der Waals surface area contributed by atoms with E-state index in [9.17, 15) is 23.1 Å². The molecular formula is C15H18F3NO3. The lowest BCUT2D eigenvalue weighted by atomic mass is 9.96. The van der Waals surface area contributed by atoms with Crippen LogP contribution in [0.2, 0.25) is 0 Å². The van der Waals surface area contributed by atoms with E-state index < -0.39 is 23.3 Å². The molecule has 1 aromatic carbocycles. The molecule has 0 spiro atoms. The number of carboxylic acid groups (broad SMARTS) is 1. The van der Waals surface area contributed by atoms with Gasteiger partial charge in [0.25, 0.3) is 0 Å². The number of carboxylic acids is 1. The normalized spacial score (nSPS) is 22.5. The first kappa shape index (κ1) is 16.8. The van der Waals surface area contributed by atoms with Crippen LogP contribution in [0.4, 0.5) is 13.2 Å². The van der Waals surface area contributed by atoms with Crippen molar-refractivity contribution in [2.24, 2.45) is 0 Å². The third-order valence-electron chi connectivity index (χ3n) is 3.95. The Morgan fingerprint density at radius 1 is 1.41 bits per heavy atom. The lowest BCUT2D eigenvalue weighted by molar-refractivity contribution is -0.158. The van der Waals surface area contributed by atoms with Crippen LogP contribution in [0.25, 0.3) is 0 Å². The minimum absolute atomic E-state index is 0.0439. The Morgan fingerprint density at radius 3 is 2.68 bits per heavy atom. The first-order valence-electron chi connectivity index (χ1n) is 6.95. The van der Waals surface area contributed by atoms with E-state index in [1.165, 1.54) is 13.0 Å². The van der Waals surface area contributed by atoms with Gasteiger partial charge in [-0.05, 0) is 37.4 Å². The van der Waals surface area contributed by atoms with Crippen LogP contribution in [0, 0.1) is 0 Å². The molecule has 1 aliphatic heterocycles. The minimum atomic E-state index is -4.37. The first-order valence-corrected chi connectivity index (χ1v) is 6.95. The fraction of sp³-hybridized carbons (Fsp3) is 0.533. The molecule has 4 nitrogen and oxygen atoms in total. The average Bonchev–Trinajstić information content (AvgIpc) is 2.85. The van der Waals surface area contributed by atoms with Crippen LogP contribution in [-0.2, 0) is 11.0 Å². The summed E-state index contributed by atoms with van der Waals surface area (Å²) in [6.07, 6.45) is -3.74. The highest BCUT2D eigenvalue weighted by Gasteiger charge is 2.36. The summed E-state index contributed by atoms with van der Waals surface area (Å²) >= 11 is 0. The number of β-amino-alcohol motifs (C(OH)–C–C–N with tert-alkyl or cyclic N) is 1. The molecule has 0 amide bonds. The van der Waals surface area contributed by atoms with E-state index in [-0.39, 0.29) is 12.5 Å². The highest BCUT2D eigenvalue weighted by molar-refractivity contribution is 5.76. The summed E-state index contributed by atoms with van der Waals surface area (Å²) in [6, 6.07) is 5.21. The predicted molar refractivity (Wildman–Crippen MR) is 73.5 cm³/mol. The van der Waals surface area contributed by atoms with Crippen molar-refractivity contribution in [3.05, 3.63) is 35.4 Å². The number of carbonyl (C=O) groups is 1. The van der Waals surface area contributed by atoms with Gasteiger partial charge in [-0.1, -0.05) is 18.2 Å². The molecule has 2 unspecified atom stereocenters. The lowest BCUT2D eigenvalue weighted by Gasteiger charge is -2.25. The summed E-state index contributed by atoms with van der Waals surface area (Å²) in [5, 5.41) is 18.7. The van der Waals surface area contributed by atoms with Gasteiger partial charge in [-0.2, -0.15) is 13.2 Å². The fourth-order valence-electron chi connectivity index (χ4n) is 2.72. The number of alkyl halides is 3. The second-order valence-corrected chi connectivity index (χ2v) is 5.92. The van der Waals surface area contributed by atoms with E-state index in [4.69, 9.17) is 5.11 Å². The van der Waals surface area contributed by atoms with Crippen LogP contribution in [0.15, 0.2) is 24.3 Å². The largest absolute Gasteiger partial charge is 0.479 e. The quantitative estimate of drug-likeness (QED) is 0.895. The number of aliphatic carboxylic acids is 1. The smallest absolute Gasteiger partial charge is 0.416 e. The van der Waals surface area contributed by atoms with Gasteiger partial charge in [0.15, 0.2) is 5.60 Å². The molecule has 2 atom stereocenters. The molecule has 1 fully saturated rings. The molecule has 122 valence electrons. The molecule has 0 saturated carbocycles. The Kier molecular flexibility index (Phi) is 4.49. The fourth-order valence-corrected chi connectivity index (χ4v) is 2.72. The molecule has 0 aliphatic carbocycles. The molecule has 7 heteroatoms. The number of nitrogens with zero attached hydrogens (tertiary/aromatic N) is 1. The topological polar surface area (TPSA) is 60.8 Å². The number of aliphatic hydroxyl groups is 1. The van der Waals surface area contributed by atoms with Gasteiger partial charge in [-0.25, -0.2) is 4.79 Å². The Balaban J connectivity index is 2.06. The molecule has 1 saturated heterocycles. The maximum atomic E-state index is 12.7. The second kappa shape index (κ2) is 5.89. The summed E-state index contributed by atoms with van der Waals surface area (Å²) in [4.78, 5) is 12.7. The van der Waals surface area contributed by atoms with E-state index in [0.717, 1.165) is 12.1 Å². The zero-order valence-corrected chi connectivity index (χ0v) is 12.1. The molecule has 2 rings (SSSR count). The average molecular weight is 317 g/mol. The van der Waals surface area contributed by atoms with Crippen LogP contribution >= 0.6 is 0 Å². The number of hydrogen-bond donors (Lipinski definition) is 2. The summed E-state index contributed by atoms with van der Waals surface area (Å²) in [6.45, 7) is 2.15. The third-order valence-corrected chi connectivity index (χ3v) is 3.95. The van der Waals surface area contributed by atoms with Gasteiger partial charge in [0.1, 0.15) is 0 Å². The van der Waals surface area contributed by atoms with Gasteiger partial charge in [-0.3, -0.25) is 4.90 Å². The summed E-state index contributed by atoms with van der Waals surface area (Å²) in [7, 11) is 0. The van der Waals surface area contributed by atoms with E-state index in [1.54, 1.807) is 11.0 Å². The Labute approximate surface area is 126 Å². The lowest BCUT2D eigenvalue weighted by Crippen LogP contribution is -2.46. The van der Waals surface area contributed by atoms with Gasteiger partial charge in [-0.15, -0.1) is 0 Å². The zero-order valence-electron chi connectivity index (χ0n) is 12.1.